The Bertz CT molecular complexity index is 620. The lowest BCUT2D eigenvalue weighted by Gasteiger charge is -2.26. The SMILES string of the molecule is CC(C)(C(CC(=O)c1cccs1)c1ccccc1)[N+](=O)[O-]. The number of nitro groups is 1. The molecule has 110 valence electrons. The number of carbonyl (C=O) groups excluding carboxylic acids is 1. The number of benzene rings is 1. The van der Waals surface area contributed by atoms with E-state index in [0.29, 0.717) is 4.88 Å². The van der Waals surface area contributed by atoms with Gasteiger partial charge >= 0.3 is 0 Å². The second-order valence-corrected chi connectivity index (χ2v) is 6.43. The molecule has 0 aliphatic carbocycles. The van der Waals surface area contributed by atoms with Crippen molar-refractivity contribution in [3.8, 4) is 0 Å². The van der Waals surface area contributed by atoms with Crippen LogP contribution in [0.1, 0.15) is 41.4 Å². The molecule has 1 atom stereocenters. The maximum Gasteiger partial charge on any atom is 0.223 e. The lowest BCUT2D eigenvalue weighted by Crippen LogP contribution is -2.39. The van der Waals surface area contributed by atoms with E-state index in [-0.39, 0.29) is 17.1 Å². The van der Waals surface area contributed by atoms with Gasteiger partial charge in [-0.05, 0) is 17.0 Å². The second-order valence-electron chi connectivity index (χ2n) is 5.48. The predicted octanol–water partition coefficient (Wildman–Crippen LogP) is 4.16. The molecule has 0 aliphatic heterocycles. The van der Waals surface area contributed by atoms with E-state index in [1.165, 1.54) is 11.3 Å². The average Bonchev–Trinajstić information content (AvgIpc) is 2.99. The molecular formula is C16H17NO3S. The van der Waals surface area contributed by atoms with Gasteiger partial charge < -0.3 is 0 Å². The van der Waals surface area contributed by atoms with E-state index in [1.54, 1.807) is 19.9 Å². The third-order valence-electron chi connectivity index (χ3n) is 3.71. The van der Waals surface area contributed by atoms with Crippen LogP contribution in [0.5, 0.6) is 0 Å². The van der Waals surface area contributed by atoms with Gasteiger partial charge in [0.2, 0.25) is 5.54 Å². The highest BCUT2D eigenvalue weighted by molar-refractivity contribution is 7.12. The van der Waals surface area contributed by atoms with E-state index < -0.39 is 11.5 Å². The summed E-state index contributed by atoms with van der Waals surface area (Å²) in [6, 6.07) is 12.8. The first kappa shape index (κ1) is 15.4. The summed E-state index contributed by atoms with van der Waals surface area (Å²) in [4.78, 5) is 24.1. The van der Waals surface area contributed by atoms with Crippen molar-refractivity contribution in [2.75, 3.05) is 0 Å². The fourth-order valence-corrected chi connectivity index (χ4v) is 2.99. The summed E-state index contributed by atoms with van der Waals surface area (Å²) in [6.45, 7) is 3.15. The van der Waals surface area contributed by atoms with Crippen molar-refractivity contribution < 1.29 is 9.72 Å². The van der Waals surface area contributed by atoms with Gasteiger partial charge in [-0.25, -0.2) is 0 Å². The van der Waals surface area contributed by atoms with Crippen molar-refractivity contribution in [2.24, 2.45) is 0 Å². The molecule has 21 heavy (non-hydrogen) atoms. The van der Waals surface area contributed by atoms with E-state index >= 15 is 0 Å². The molecule has 1 aromatic heterocycles. The van der Waals surface area contributed by atoms with Crippen molar-refractivity contribution in [3.63, 3.8) is 0 Å². The molecule has 4 nitrogen and oxygen atoms in total. The zero-order valence-corrected chi connectivity index (χ0v) is 12.8. The molecule has 1 unspecified atom stereocenters. The van der Waals surface area contributed by atoms with Crippen molar-refractivity contribution in [1.82, 2.24) is 0 Å². The molecular weight excluding hydrogens is 286 g/mol. The highest BCUT2D eigenvalue weighted by Crippen LogP contribution is 2.35. The van der Waals surface area contributed by atoms with Gasteiger partial charge in [0.15, 0.2) is 5.78 Å². The molecule has 5 heteroatoms. The summed E-state index contributed by atoms with van der Waals surface area (Å²) in [5.74, 6) is -0.503. The molecule has 2 rings (SSSR count). The Balaban J connectivity index is 2.33. The summed E-state index contributed by atoms with van der Waals surface area (Å²) in [5.41, 5.74) is -0.377. The quantitative estimate of drug-likeness (QED) is 0.457. The van der Waals surface area contributed by atoms with Gasteiger partial charge in [0.1, 0.15) is 0 Å². The van der Waals surface area contributed by atoms with Crippen LogP contribution in [-0.4, -0.2) is 16.2 Å². The summed E-state index contributed by atoms with van der Waals surface area (Å²) in [6.07, 6.45) is 0.137. The first-order valence-corrected chi connectivity index (χ1v) is 7.57. The van der Waals surface area contributed by atoms with Crippen LogP contribution in [0.4, 0.5) is 0 Å². The van der Waals surface area contributed by atoms with Crippen LogP contribution in [0.15, 0.2) is 47.8 Å². The van der Waals surface area contributed by atoms with Crippen LogP contribution < -0.4 is 0 Å². The fourth-order valence-electron chi connectivity index (χ4n) is 2.31. The standard InChI is InChI=1S/C16H17NO3S/c1-16(2,17(19)20)13(12-7-4-3-5-8-12)11-14(18)15-9-6-10-21-15/h3-10,13H,11H2,1-2H3. The van der Waals surface area contributed by atoms with Crippen molar-refractivity contribution in [1.29, 1.82) is 0 Å². The molecule has 1 aromatic carbocycles. The predicted molar refractivity (Wildman–Crippen MR) is 83.5 cm³/mol. The summed E-state index contributed by atoms with van der Waals surface area (Å²) >= 11 is 1.37. The summed E-state index contributed by atoms with van der Waals surface area (Å²) < 4.78 is 0. The van der Waals surface area contributed by atoms with Crippen LogP contribution in [-0.2, 0) is 0 Å². The zero-order valence-electron chi connectivity index (χ0n) is 12.0. The Hall–Kier alpha value is -2.01. The summed E-state index contributed by atoms with van der Waals surface area (Å²) in [5, 5.41) is 13.2. The Morgan fingerprint density at radius 2 is 1.90 bits per heavy atom. The van der Waals surface area contributed by atoms with Gasteiger partial charge in [0, 0.05) is 25.2 Å². The van der Waals surface area contributed by atoms with Crippen molar-refractivity contribution >= 4 is 17.1 Å². The van der Waals surface area contributed by atoms with E-state index in [1.807, 2.05) is 41.8 Å². The van der Waals surface area contributed by atoms with Gasteiger partial charge in [0.25, 0.3) is 0 Å². The minimum atomic E-state index is -1.20. The van der Waals surface area contributed by atoms with E-state index in [2.05, 4.69) is 0 Å². The molecule has 2 aromatic rings. The Kier molecular flexibility index (Phi) is 4.53. The molecule has 0 spiro atoms. The third kappa shape index (κ3) is 3.36. The van der Waals surface area contributed by atoms with Crippen molar-refractivity contribution in [2.45, 2.75) is 31.7 Å². The van der Waals surface area contributed by atoms with Crippen LogP contribution in [0, 0.1) is 10.1 Å². The van der Waals surface area contributed by atoms with Crippen LogP contribution in [0.3, 0.4) is 0 Å². The molecule has 0 saturated carbocycles. The van der Waals surface area contributed by atoms with Crippen LogP contribution in [0.2, 0.25) is 0 Å². The first-order valence-electron chi connectivity index (χ1n) is 6.69. The van der Waals surface area contributed by atoms with E-state index in [4.69, 9.17) is 0 Å². The second kappa shape index (κ2) is 6.18. The van der Waals surface area contributed by atoms with Gasteiger partial charge in [-0.1, -0.05) is 36.4 Å². The van der Waals surface area contributed by atoms with Crippen LogP contribution in [0.25, 0.3) is 0 Å². The van der Waals surface area contributed by atoms with Gasteiger partial charge in [-0.15, -0.1) is 11.3 Å². The molecule has 0 saturated heterocycles. The zero-order chi connectivity index (χ0) is 15.5. The van der Waals surface area contributed by atoms with E-state index in [0.717, 1.165) is 5.56 Å². The molecule has 0 fully saturated rings. The topological polar surface area (TPSA) is 60.2 Å². The molecule has 0 radical (unpaired) electrons. The third-order valence-corrected chi connectivity index (χ3v) is 4.62. The number of hydrogen-bond donors (Lipinski definition) is 0. The smallest absolute Gasteiger partial charge is 0.223 e. The maximum atomic E-state index is 12.3. The summed E-state index contributed by atoms with van der Waals surface area (Å²) in [7, 11) is 0. The highest BCUT2D eigenvalue weighted by atomic mass is 32.1. The normalized spacial score (nSPS) is 12.9. The largest absolute Gasteiger partial charge is 0.293 e. The highest BCUT2D eigenvalue weighted by Gasteiger charge is 2.42. The van der Waals surface area contributed by atoms with Crippen molar-refractivity contribution in [3.05, 3.63) is 68.4 Å². The van der Waals surface area contributed by atoms with Gasteiger partial charge in [0.05, 0.1) is 10.8 Å². The molecule has 1 heterocycles. The number of thiophene rings is 1. The Morgan fingerprint density at radius 1 is 1.24 bits per heavy atom. The molecule has 0 aliphatic rings. The number of nitrogens with zero attached hydrogens (tertiary/aromatic N) is 1. The van der Waals surface area contributed by atoms with E-state index in [9.17, 15) is 14.9 Å². The lowest BCUT2D eigenvalue weighted by atomic mass is 9.79. The minimum absolute atomic E-state index is 0.0474. The Morgan fingerprint density at radius 3 is 2.43 bits per heavy atom. The van der Waals surface area contributed by atoms with Gasteiger partial charge in [-0.3, -0.25) is 14.9 Å². The maximum absolute atomic E-state index is 12.3. The lowest BCUT2D eigenvalue weighted by molar-refractivity contribution is -0.565. The minimum Gasteiger partial charge on any atom is -0.293 e. The molecule has 0 amide bonds. The average molecular weight is 303 g/mol. The number of hydrogen-bond acceptors (Lipinski definition) is 4. The molecule has 0 N–H and O–H groups in total. The van der Waals surface area contributed by atoms with Gasteiger partial charge in [-0.2, -0.15) is 0 Å². The number of Topliss-reactive ketones (excluding diaryl/α,β-unsaturated/α-hetero) is 1. The molecule has 0 bridgehead atoms. The number of ketones is 1. The first-order chi connectivity index (χ1) is 9.93. The Labute approximate surface area is 127 Å². The number of carbonyl (C=O) groups is 1. The van der Waals surface area contributed by atoms with Crippen LogP contribution >= 0.6 is 11.3 Å². The monoisotopic (exact) mass is 303 g/mol. The number of rotatable bonds is 6. The fraction of sp³-hybridized carbons (Fsp3) is 0.312.